The quantitative estimate of drug-likeness (QED) is 0.380. The zero-order chi connectivity index (χ0) is 13.6. The second-order valence-corrected chi connectivity index (χ2v) is 5.64. The molecule has 0 aromatic rings. The molecule has 0 aromatic heterocycles. The summed E-state index contributed by atoms with van der Waals surface area (Å²) in [5.74, 6) is 0.156. The lowest BCUT2D eigenvalue weighted by Gasteiger charge is -2.06. The Morgan fingerprint density at radius 1 is 1.06 bits per heavy atom. The van der Waals surface area contributed by atoms with Crippen LogP contribution in [0.3, 0.4) is 0 Å². The molecule has 1 saturated heterocycles. The Hall–Kier alpha value is -1.06. The summed E-state index contributed by atoms with van der Waals surface area (Å²) in [5, 5.41) is 0. The predicted octanol–water partition coefficient (Wildman–Crippen LogP) is 2.51. The van der Waals surface area contributed by atoms with E-state index in [2.05, 4.69) is 18.6 Å². The molecule has 0 saturated carbocycles. The lowest BCUT2D eigenvalue weighted by molar-refractivity contribution is -0.140. The largest absolute Gasteiger partial charge is 0.469 e. The van der Waals surface area contributed by atoms with Crippen LogP contribution >= 0.6 is 0 Å². The fourth-order valence-corrected chi connectivity index (χ4v) is 2.09. The van der Waals surface area contributed by atoms with Crippen molar-refractivity contribution in [3.8, 4) is 0 Å². The Labute approximate surface area is 110 Å². The van der Waals surface area contributed by atoms with Crippen LogP contribution in [0.1, 0.15) is 58.8 Å². The topological polar surface area (TPSA) is 46.4 Å². The SMILES string of the molecule is COC(=O)CCCCCCCC(=O)N1CC1(C)C. The number of rotatable bonds is 8. The molecule has 18 heavy (non-hydrogen) atoms. The number of amides is 1. The van der Waals surface area contributed by atoms with Crippen molar-refractivity contribution in [2.24, 2.45) is 0 Å². The number of hydrogen-bond acceptors (Lipinski definition) is 3. The van der Waals surface area contributed by atoms with Gasteiger partial charge in [-0.2, -0.15) is 0 Å². The zero-order valence-electron chi connectivity index (χ0n) is 11.8. The van der Waals surface area contributed by atoms with E-state index >= 15 is 0 Å². The van der Waals surface area contributed by atoms with Crippen molar-refractivity contribution in [1.29, 1.82) is 0 Å². The molecule has 0 spiro atoms. The highest BCUT2D eigenvalue weighted by Gasteiger charge is 2.45. The van der Waals surface area contributed by atoms with Crippen molar-refractivity contribution in [1.82, 2.24) is 4.90 Å². The molecule has 0 N–H and O–H groups in total. The van der Waals surface area contributed by atoms with Crippen LogP contribution in [-0.4, -0.2) is 36.0 Å². The Bertz CT molecular complexity index is 299. The van der Waals surface area contributed by atoms with Crippen LogP contribution in [-0.2, 0) is 14.3 Å². The maximum atomic E-state index is 11.7. The normalized spacial score (nSPS) is 16.5. The number of hydrogen-bond donors (Lipinski definition) is 0. The second-order valence-electron chi connectivity index (χ2n) is 5.64. The molecule has 1 aliphatic heterocycles. The predicted molar refractivity (Wildman–Crippen MR) is 70.1 cm³/mol. The molecule has 0 aliphatic carbocycles. The summed E-state index contributed by atoms with van der Waals surface area (Å²) in [7, 11) is 1.42. The average molecular weight is 255 g/mol. The minimum Gasteiger partial charge on any atom is -0.469 e. The number of ether oxygens (including phenoxy) is 1. The summed E-state index contributed by atoms with van der Waals surface area (Å²) in [5.41, 5.74) is 0.109. The van der Waals surface area contributed by atoms with Gasteiger partial charge >= 0.3 is 5.97 Å². The minimum atomic E-state index is -0.131. The van der Waals surface area contributed by atoms with Gasteiger partial charge in [-0.15, -0.1) is 0 Å². The molecule has 1 aliphatic rings. The molecule has 1 fully saturated rings. The van der Waals surface area contributed by atoms with E-state index in [0.717, 1.165) is 38.6 Å². The maximum absolute atomic E-state index is 11.7. The van der Waals surface area contributed by atoms with Crippen LogP contribution in [0.2, 0.25) is 0 Å². The third kappa shape index (κ3) is 5.07. The van der Waals surface area contributed by atoms with E-state index in [9.17, 15) is 9.59 Å². The molecule has 0 aromatic carbocycles. The molecule has 0 bridgehead atoms. The number of esters is 1. The number of carbonyl (C=O) groups excluding carboxylic acids is 2. The third-order valence-electron chi connectivity index (χ3n) is 3.47. The monoisotopic (exact) mass is 255 g/mol. The molecule has 0 unspecified atom stereocenters. The summed E-state index contributed by atoms with van der Waals surface area (Å²) in [6.07, 6.45) is 6.23. The van der Waals surface area contributed by atoms with Gasteiger partial charge in [-0.1, -0.05) is 19.3 Å². The lowest BCUT2D eigenvalue weighted by Crippen LogP contribution is -2.17. The minimum absolute atomic E-state index is 0.109. The van der Waals surface area contributed by atoms with Crippen LogP contribution in [0.15, 0.2) is 0 Å². The molecule has 104 valence electrons. The van der Waals surface area contributed by atoms with E-state index in [1.54, 1.807) is 0 Å². The van der Waals surface area contributed by atoms with E-state index in [0.29, 0.717) is 12.8 Å². The maximum Gasteiger partial charge on any atom is 0.305 e. The molecular weight excluding hydrogens is 230 g/mol. The van der Waals surface area contributed by atoms with Gasteiger partial charge in [-0.3, -0.25) is 9.59 Å². The van der Waals surface area contributed by atoms with Crippen molar-refractivity contribution < 1.29 is 14.3 Å². The van der Waals surface area contributed by atoms with E-state index < -0.39 is 0 Å². The van der Waals surface area contributed by atoms with Crippen molar-refractivity contribution >= 4 is 11.9 Å². The van der Waals surface area contributed by atoms with Crippen LogP contribution in [0.4, 0.5) is 0 Å². The van der Waals surface area contributed by atoms with E-state index in [1.165, 1.54) is 7.11 Å². The third-order valence-corrected chi connectivity index (χ3v) is 3.47. The fraction of sp³-hybridized carbons (Fsp3) is 0.857. The van der Waals surface area contributed by atoms with Gasteiger partial charge < -0.3 is 9.64 Å². The molecule has 1 heterocycles. The molecule has 0 radical (unpaired) electrons. The average Bonchev–Trinajstić information content (AvgIpc) is 2.96. The Morgan fingerprint density at radius 3 is 2.06 bits per heavy atom. The molecule has 4 nitrogen and oxygen atoms in total. The van der Waals surface area contributed by atoms with Gasteiger partial charge in [0.05, 0.1) is 12.6 Å². The molecule has 4 heteroatoms. The molecule has 0 atom stereocenters. The van der Waals surface area contributed by atoms with Gasteiger partial charge in [0.15, 0.2) is 0 Å². The van der Waals surface area contributed by atoms with Gasteiger partial charge in [0.1, 0.15) is 0 Å². The summed E-state index contributed by atoms with van der Waals surface area (Å²) in [6, 6.07) is 0. The van der Waals surface area contributed by atoms with Gasteiger partial charge in [0.25, 0.3) is 0 Å². The first-order chi connectivity index (χ1) is 8.47. The van der Waals surface area contributed by atoms with Crippen LogP contribution in [0.25, 0.3) is 0 Å². The number of unbranched alkanes of at least 4 members (excludes halogenated alkanes) is 4. The van der Waals surface area contributed by atoms with Crippen LogP contribution < -0.4 is 0 Å². The standard InChI is InChI=1S/C14H25NO3/c1-14(2)11-15(14)12(16)9-7-5-4-6-8-10-13(17)18-3/h4-11H2,1-3H3. The van der Waals surface area contributed by atoms with Crippen molar-refractivity contribution in [2.75, 3.05) is 13.7 Å². The van der Waals surface area contributed by atoms with E-state index in [-0.39, 0.29) is 17.4 Å². The lowest BCUT2D eigenvalue weighted by atomic mass is 10.1. The number of carbonyl (C=O) groups is 2. The summed E-state index contributed by atoms with van der Waals surface area (Å²) < 4.78 is 4.57. The van der Waals surface area contributed by atoms with Crippen molar-refractivity contribution in [2.45, 2.75) is 64.3 Å². The first-order valence-corrected chi connectivity index (χ1v) is 6.84. The highest BCUT2D eigenvalue weighted by Crippen LogP contribution is 2.31. The van der Waals surface area contributed by atoms with E-state index in [1.807, 2.05) is 4.90 Å². The van der Waals surface area contributed by atoms with Crippen LogP contribution in [0, 0.1) is 0 Å². The molecule has 1 amide bonds. The van der Waals surface area contributed by atoms with Gasteiger partial charge in [0, 0.05) is 19.4 Å². The Balaban J connectivity index is 1.90. The van der Waals surface area contributed by atoms with Gasteiger partial charge in [0.2, 0.25) is 5.91 Å². The highest BCUT2D eigenvalue weighted by atomic mass is 16.5. The summed E-state index contributed by atoms with van der Waals surface area (Å²) in [6.45, 7) is 5.10. The fourth-order valence-electron chi connectivity index (χ4n) is 2.09. The van der Waals surface area contributed by atoms with Crippen LogP contribution in [0.5, 0.6) is 0 Å². The van der Waals surface area contributed by atoms with Gasteiger partial charge in [-0.25, -0.2) is 0 Å². The van der Waals surface area contributed by atoms with Crippen molar-refractivity contribution in [3.05, 3.63) is 0 Å². The van der Waals surface area contributed by atoms with Crippen molar-refractivity contribution in [3.63, 3.8) is 0 Å². The zero-order valence-corrected chi connectivity index (χ0v) is 11.8. The first kappa shape index (κ1) is 15.0. The van der Waals surface area contributed by atoms with E-state index in [4.69, 9.17) is 0 Å². The molecule has 1 rings (SSSR count). The number of nitrogens with zero attached hydrogens (tertiary/aromatic N) is 1. The summed E-state index contributed by atoms with van der Waals surface area (Å²) in [4.78, 5) is 24.5. The summed E-state index contributed by atoms with van der Waals surface area (Å²) >= 11 is 0. The number of methoxy groups -OCH3 is 1. The Morgan fingerprint density at radius 2 is 1.56 bits per heavy atom. The van der Waals surface area contributed by atoms with Gasteiger partial charge in [-0.05, 0) is 26.7 Å². The Kier molecular flexibility index (Phi) is 5.63. The smallest absolute Gasteiger partial charge is 0.305 e. The first-order valence-electron chi connectivity index (χ1n) is 6.84. The second kappa shape index (κ2) is 6.76. The highest BCUT2D eigenvalue weighted by molar-refractivity contribution is 5.79. The molecular formula is C14H25NO3.